The second-order valence-electron chi connectivity index (χ2n) is 7.06. The largest absolute Gasteiger partial charge is 0.406 e. The lowest BCUT2D eigenvalue weighted by molar-refractivity contribution is -0.172. The van der Waals surface area contributed by atoms with Crippen LogP contribution >= 0.6 is 0 Å². The Kier molecular flexibility index (Phi) is 3.93. The molecule has 21 heavy (non-hydrogen) atoms. The van der Waals surface area contributed by atoms with Crippen molar-refractivity contribution in [2.24, 2.45) is 29.6 Å². The summed E-state index contributed by atoms with van der Waals surface area (Å²) in [6.07, 6.45) is 0.850. The van der Waals surface area contributed by atoms with Crippen LogP contribution in [-0.2, 0) is 4.79 Å². The summed E-state index contributed by atoms with van der Waals surface area (Å²) in [6, 6.07) is 0. The van der Waals surface area contributed by atoms with Crippen molar-refractivity contribution in [2.75, 3.05) is 19.7 Å². The molecule has 4 rings (SSSR count). The molecule has 1 amide bonds. The molecule has 4 bridgehead atoms. The summed E-state index contributed by atoms with van der Waals surface area (Å²) in [5.74, 6) is 1.28. The number of halogens is 3. The van der Waals surface area contributed by atoms with E-state index < -0.39 is 19.3 Å². The van der Waals surface area contributed by atoms with E-state index in [0.29, 0.717) is 11.8 Å². The van der Waals surface area contributed by atoms with Crippen LogP contribution in [0.25, 0.3) is 0 Å². The highest BCUT2D eigenvalue weighted by Crippen LogP contribution is 2.56. The standard InChI is InChI=1S/C15H22F3NO2/c16-15(17,18)8-19(1-2-20)14(21)13-11-4-9-3-10(6-11)7-12(13)5-9/h9-13,20H,1-8H2. The van der Waals surface area contributed by atoms with Gasteiger partial charge >= 0.3 is 6.18 Å². The van der Waals surface area contributed by atoms with Gasteiger partial charge in [0.2, 0.25) is 5.91 Å². The summed E-state index contributed by atoms with van der Waals surface area (Å²) >= 11 is 0. The van der Waals surface area contributed by atoms with E-state index in [0.717, 1.165) is 30.6 Å². The van der Waals surface area contributed by atoms with Gasteiger partial charge in [-0.15, -0.1) is 0 Å². The van der Waals surface area contributed by atoms with Gasteiger partial charge in [-0.25, -0.2) is 0 Å². The lowest BCUT2D eigenvalue weighted by Crippen LogP contribution is -2.53. The van der Waals surface area contributed by atoms with Crippen LogP contribution in [0.3, 0.4) is 0 Å². The smallest absolute Gasteiger partial charge is 0.395 e. The van der Waals surface area contributed by atoms with E-state index in [1.165, 1.54) is 6.42 Å². The topological polar surface area (TPSA) is 40.5 Å². The normalized spacial score (nSPS) is 37.8. The molecule has 120 valence electrons. The molecule has 0 atom stereocenters. The molecule has 0 radical (unpaired) electrons. The quantitative estimate of drug-likeness (QED) is 0.866. The third-order valence-corrected chi connectivity index (χ3v) is 5.56. The highest BCUT2D eigenvalue weighted by atomic mass is 19.4. The van der Waals surface area contributed by atoms with Gasteiger partial charge in [0.05, 0.1) is 6.61 Å². The van der Waals surface area contributed by atoms with Gasteiger partial charge in [0.15, 0.2) is 0 Å². The molecule has 4 aliphatic rings. The van der Waals surface area contributed by atoms with E-state index in [1.54, 1.807) is 0 Å². The Bertz CT molecular complexity index is 382. The molecule has 4 saturated carbocycles. The van der Waals surface area contributed by atoms with E-state index in [2.05, 4.69) is 0 Å². The zero-order valence-corrected chi connectivity index (χ0v) is 12.0. The minimum atomic E-state index is -4.41. The van der Waals surface area contributed by atoms with Gasteiger partial charge in [-0.1, -0.05) is 0 Å². The fraction of sp³-hybridized carbons (Fsp3) is 0.933. The van der Waals surface area contributed by atoms with Crippen molar-refractivity contribution in [1.29, 1.82) is 0 Å². The number of alkyl halides is 3. The van der Waals surface area contributed by atoms with Crippen LogP contribution in [0, 0.1) is 29.6 Å². The van der Waals surface area contributed by atoms with Crippen LogP contribution < -0.4 is 0 Å². The zero-order valence-electron chi connectivity index (χ0n) is 12.0. The van der Waals surface area contributed by atoms with Crippen LogP contribution in [0.5, 0.6) is 0 Å². The average molecular weight is 305 g/mol. The lowest BCUT2D eigenvalue weighted by atomic mass is 9.51. The highest BCUT2D eigenvalue weighted by molar-refractivity contribution is 5.80. The molecule has 0 heterocycles. The van der Waals surface area contributed by atoms with Crippen molar-refractivity contribution in [3.05, 3.63) is 0 Å². The van der Waals surface area contributed by atoms with Crippen LogP contribution in [0.1, 0.15) is 32.1 Å². The third-order valence-electron chi connectivity index (χ3n) is 5.56. The fourth-order valence-corrected chi connectivity index (χ4v) is 5.14. The molecule has 0 spiro atoms. The number of aliphatic hydroxyl groups excluding tert-OH is 1. The fourth-order valence-electron chi connectivity index (χ4n) is 5.14. The molecule has 0 aromatic heterocycles. The first kappa shape index (κ1) is 15.1. The molecule has 0 aromatic carbocycles. The first-order valence-corrected chi connectivity index (χ1v) is 7.83. The Balaban J connectivity index is 1.73. The molecular formula is C15H22F3NO2. The van der Waals surface area contributed by atoms with Gasteiger partial charge in [-0.05, 0) is 55.8 Å². The first-order valence-electron chi connectivity index (χ1n) is 7.83. The Hall–Kier alpha value is -0.780. The number of aliphatic hydroxyl groups is 1. The number of hydrogen-bond acceptors (Lipinski definition) is 2. The monoisotopic (exact) mass is 305 g/mol. The van der Waals surface area contributed by atoms with Gasteiger partial charge in [-0.2, -0.15) is 13.2 Å². The van der Waals surface area contributed by atoms with Crippen molar-refractivity contribution in [3.63, 3.8) is 0 Å². The van der Waals surface area contributed by atoms with Crippen LogP contribution in [0.4, 0.5) is 13.2 Å². The number of nitrogens with zero attached hydrogens (tertiary/aromatic N) is 1. The predicted molar refractivity (Wildman–Crippen MR) is 70.3 cm³/mol. The molecule has 0 saturated heterocycles. The number of hydrogen-bond donors (Lipinski definition) is 1. The summed E-state index contributed by atoms with van der Waals surface area (Å²) in [7, 11) is 0. The minimum Gasteiger partial charge on any atom is -0.395 e. The Morgan fingerprint density at radius 3 is 2.00 bits per heavy atom. The Morgan fingerprint density at radius 2 is 1.57 bits per heavy atom. The van der Waals surface area contributed by atoms with Gasteiger partial charge in [0.25, 0.3) is 0 Å². The van der Waals surface area contributed by atoms with Gasteiger partial charge in [0, 0.05) is 12.5 Å². The maximum Gasteiger partial charge on any atom is 0.406 e. The van der Waals surface area contributed by atoms with Crippen molar-refractivity contribution >= 4 is 5.91 Å². The molecule has 3 nitrogen and oxygen atoms in total. The van der Waals surface area contributed by atoms with Crippen LogP contribution in [0.2, 0.25) is 0 Å². The average Bonchev–Trinajstić information content (AvgIpc) is 2.35. The van der Waals surface area contributed by atoms with E-state index in [9.17, 15) is 18.0 Å². The second-order valence-corrected chi connectivity index (χ2v) is 7.06. The molecule has 0 aliphatic heterocycles. The van der Waals surface area contributed by atoms with Crippen molar-refractivity contribution in [2.45, 2.75) is 38.3 Å². The van der Waals surface area contributed by atoms with Crippen LogP contribution in [0.15, 0.2) is 0 Å². The van der Waals surface area contributed by atoms with E-state index in [4.69, 9.17) is 5.11 Å². The number of carbonyl (C=O) groups excluding carboxylic acids is 1. The SMILES string of the molecule is O=C(C1C2CC3CC(C2)CC1C3)N(CCO)CC(F)(F)F. The minimum absolute atomic E-state index is 0.221. The van der Waals surface area contributed by atoms with Crippen molar-refractivity contribution in [3.8, 4) is 0 Å². The Morgan fingerprint density at radius 1 is 1.05 bits per heavy atom. The highest BCUT2D eigenvalue weighted by Gasteiger charge is 2.52. The molecule has 4 fully saturated rings. The van der Waals surface area contributed by atoms with Crippen molar-refractivity contribution < 1.29 is 23.1 Å². The summed E-state index contributed by atoms with van der Waals surface area (Å²) < 4.78 is 37.9. The molecule has 0 unspecified atom stereocenters. The second kappa shape index (κ2) is 5.45. The molecule has 0 aromatic rings. The van der Waals surface area contributed by atoms with Gasteiger partial charge in [0.1, 0.15) is 6.54 Å². The predicted octanol–water partition coefficient (Wildman–Crippen LogP) is 2.44. The molecule has 4 aliphatic carbocycles. The zero-order chi connectivity index (χ0) is 15.2. The molecule has 6 heteroatoms. The Labute approximate surface area is 122 Å². The summed E-state index contributed by atoms with van der Waals surface area (Å²) in [5, 5.41) is 8.97. The van der Waals surface area contributed by atoms with Gasteiger partial charge in [-0.3, -0.25) is 4.79 Å². The third kappa shape index (κ3) is 3.05. The maximum absolute atomic E-state index is 12.6. The van der Waals surface area contributed by atoms with Crippen LogP contribution in [-0.4, -0.2) is 41.8 Å². The van der Waals surface area contributed by atoms with E-state index >= 15 is 0 Å². The number of rotatable bonds is 4. The number of carbonyl (C=O) groups is 1. The lowest BCUT2D eigenvalue weighted by Gasteiger charge is -2.54. The maximum atomic E-state index is 12.6. The molecule has 1 N–H and O–H groups in total. The number of amides is 1. The first-order chi connectivity index (χ1) is 9.87. The summed E-state index contributed by atoms with van der Waals surface area (Å²) in [4.78, 5) is 13.4. The summed E-state index contributed by atoms with van der Waals surface area (Å²) in [6.45, 7) is -1.88. The van der Waals surface area contributed by atoms with Gasteiger partial charge < -0.3 is 10.0 Å². The van der Waals surface area contributed by atoms with E-state index in [-0.39, 0.29) is 30.2 Å². The van der Waals surface area contributed by atoms with Crippen molar-refractivity contribution in [1.82, 2.24) is 4.90 Å². The summed E-state index contributed by atoms with van der Waals surface area (Å²) in [5.41, 5.74) is 0. The molecular weight excluding hydrogens is 283 g/mol. The van der Waals surface area contributed by atoms with E-state index in [1.807, 2.05) is 0 Å².